The first kappa shape index (κ1) is 14.9. The van der Waals surface area contributed by atoms with E-state index in [-0.39, 0.29) is 0 Å². The fourth-order valence-corrected chi connectivity index (χ4v) is 2.16. The summed E-state index contributed by atoms with van der Waals surface area (Å²) in [7, 11) is 0. The molecular formula is C14H30N2O. The highest BCUT2D eigenvalue weighted by Crippen LogP contribution is 2.06. The summed E-state index contributed by atoms with van der Waals surface area (Å²) in [5.41, 5.74) is 0. The Morgan fingerprint density at radius 3 is 2.47 bits per heavy atom. The molecule has 1 aliphatic heterocycles. The minimum absolute atomic E-state index is 0.618. The van der Waals surface area contributed by atoms with E-state index in [4.69, 9.17) is 4.74 Å². The third-order valence-electron chi connectivity index (χ3n) is 3.20. The molecule has 0 aliphatic carbocycles. The molecule has 0 bridgehead atoms. The Kier molecular flexibility index (Phi) is 7.82. The van der Waals surface area contributed by atoms with Crippen molar-refractivity contribution in [3.8, 4) is 0 Å². The topological polar surface area (TPSA) is 24.5 Å². The molecule has 0 spiro atoms. The van der Waals surface area contributed by atoms with Crippen molar-refractivity contribution < 1.29 is 4.74 Å². The van der Waals surface area contributed by atoms with Crippen molar-refractivity contribution in [1.29, 1.82) is 0 Å². The predicted molar refractivity (Wildman–Crippen MR) is 73.4 cm³/mol. The average Bonchev–Trinajstić information content (AvgIpc) is 2.76. The second-order valence-corrected chi connectivity index (χ2v) is 5.78. The van der Waals surface area contributed by atoms with Crippen LogP contribution in [0.15, 0.2) is 0 Å². The van der Waals surface area contributed by atoms with Gasteiger partial charge in [0, 0.05) is 6.54 Å². The summed E-state index contributed by atoms with van der Waals surface area (Å²) in [5.74, 6) is 1.35. The van der Waals surface area contributed by atoms with Gasteiger partial charge in [0.25, 0.3) is 0 Å². The standard InChI is InChI=1S/C14H30N2O/c1-13(2)10-15-11-14(3)12-17-9-8-16-6-4-5-7-16/h13-15H,4-12H2,1-3H3. The molecule has 1 N–H and O–H groups in total. The van der Waals surface area contributed by atoms with E-state index in [2.05, 4.69) is 31.0 Å². The number of nitrogens with one attached hydrogen (secondary N) is 1. The molecule has 0 aromatic rings. The van der Waals surface area contributed by atoms with Gasteiger partial charge in [-0.2, -0.15) is 0 Å². The Morgan fingerprint density at radius 2 is 1.82 bits per heavy atom. The smallest absolute Gasteiger partial charge is 0.0593 e. The van der Waals surface area contributed by atoms with Crippen LogP contribution in [0.3, 0.4) is 0 Å². The number of likely N-dealkylation sites (tertiary alicyclic amines) is 1. The lowest BCUT2D eigenvalue weighted by molar-refractivity contribution is 0.0866. The minimum Gasteiger partial charge on any atom is -0.380 e. The molecule has 17 heavy (non-hydrogen) atoms. The molecule has 1 unspecified atom stereocenters. The third kappa shape index (κ3) is 7.74. The van der Waals surface area contributed by atoms with Gasteiger partial charge in [0.2, 0.25) is 0 Å². The molecule has 1 fully saturated rings. The summed E-state index contributed by atoms with van der Waals surface area (Å²) >= 11 is 0. The molecule has 0 saturated carbocycles. The molecule has 3 nitrogen and oxygen atoms in total. The summed E-state index contributed by atoms with van der Waals surface area (Å²) < 4.78 is 5.73. The minimum atomic E-state index is 0.618. The maximum Gasteiger partial charge on any atom is 0.0593 e. The maximum absolute atomic E-state index is 5.73. The number of ether oxygens (including phenoxy) is 1. The van der Waals surface area contributed by atoms with Crippen molar-refractivity contribution in [2.45, 2.75) is 33.6 Å². The van der Waals surface area contributed by atoms with Gasteiger partial charge in [-0.05, 0) is 50.9 Å². The van der Waals surface area contributed by atoms with Crippen LogP contribution < -0.4 is 5.32 Å². The van der Waals surface area contributed by atoms with Crippen LogP contribution in [-0.4, -0.2) is 50.8 Å². The van der Waals surface area contributed by atoms with E-state index >= 15 is 0 Å². The Bertz CT molecular complexity index is 179. The zero-order valence-electron chi connectivity index (χ0n) is 11.9. The Labute approximate surface area is 107 Å². The van der Waals surface area contributed by atoms with Gasteiger partial charge in [-0.25, -0.2) is 0 Å². The lowest BCUT2D eigenvalue weighted by Crippen LogP contribution is -2.29. The molecule has 1 heterocycles. The zero-order valence-corrected chi connectivity index (χ0v) is 11.9. The Hall–Kier alpha value is -0.120. The Morgan fingerprint density at radius 1 is 1.12 bits per heavy atom. The average molecular weight is 242 g/mol. The fourth-order valence-electron chi connectivity index (χ4n) is 2.16. The normalized spacial score (nSPS) is 19.1. The molecule has 0 radical (unpaired) electrons. The number of nitrogens with zero attached hydrogens (tertiary/aromatic N) is 1. The second-order valence-electron chi connectivity index (χ2n) is 5.78. The third-order valence-corrected chi connectivity index (χ3v) is 3.20. The highest BCUT2D eigenvalue weighted by molar-refractivity contribution is 4.65. The Balaban J connectivity index is 1.87. The zero-order chi connectivity index (χ0) is 12.5. The van der Waals surface area contributed by atoms with Gasteiger partial charge in [-0.1, -0.05) is 20.8 Å². The molecule has 0 aromatic heterocycles. The summed E-state index contributed by atoms with van der Waals surface area (Å²) in [6.45, 7) is 14.4. The van der Waals surface area contributed by atoms with E-state index in [0.29, 0.717) is 5.92 Å². The van der Waals surface area contributed by atoms with E-state index in [1.54, 1.807) is 0 Å². The van der Waals surface area contributed by atoms with E-state index in [1.807, 2.05) is 0 Å². The van der Waals surface area contributed by atoms with E-state index in [1.165, 1.54) is 25.9 Å². The van der Waals surface area contributed by atoms with Crippen molar-refractivity contribution in [3.05, 3.63) is 0 Å². The highest BCUT2D eigenvalue weighted by Gasteiger charge is 2.10. The molecule has 1 saturated heterocycles. The number of rotatable bonds is 9. The monoisotopic (exact) mass is 242 g/mol. The fraction of sp³-hybridized carbons (Fsp3) is 1.00. The second kappa shape index (κ2) is 8.90. The van der Waals surface area contributed by atoms with Crippen LogP contribution in [0.4, 0.5) is 0 Å². The van der Waals surface area contributed by atoms with Crippen LogP contribution in [0.1, 0.15) is 33.6 Å². The molecule has 1 rings (SSSR count). The van der Waals surface area contributed by atoms with Gasteiger partial charge in [0.1, 0.15) is 0 Å². The SMILES string of the molecule is CC(C)CNCC(C)COCCN1CCCC1. The summed E-state index contributed by atoms with van der Waals surface area (Å²) in [5, 5.41) is 3.48. The van der Waals surface area contributed by atoms with Crippen LogP contribution >= 0.6 is 0 Å². The van der Waals surface area contributed by atoms with Crippen molar-refractivity contribution in [2.75, 3.05) is 45.9 Å². The van der Waals surface area contributed by atoms with Crippen molar-refractivity contribution in [2.24, 2.45) is 11.8 Å². The molecule has 1 atom stereocenters. The molecule has 102 valence electrons. The molecule has 0 aromatic carbocycles. The van der Waals surface area contributed by atoms with Crippen molar-refractivity contribution in [3.63, 3.8) is 0 Å². The van der Waals surface area contributed by atoms with Crippen LogP contribution in [0.2, 0.25) is 0 Å². The molecule has 1 aliphatic rings. The summed E-state index contributed by atoms with van der Waals surface area (Å²) in [4.78, 5) is 2.50. The van der Waals surface area contributed by atoms with Crippen LogP contribution in [0, 0.1) is 11.8 Å². The van der Waals surface area contributed by atoms with Crippen LogP contribution in [0.5, 0.6) is 0 Å². The number of hydrogen-bond donors (Lipinski definition) is 1. The van der Waals surface area contributed by atoms with E-state index in [9.17, 15) is 0 Å². The van der Waals surface area contributed by atoms with Gasteiger partial charge in [-0.15, -0.1) is 0 Å². The first-order chi connectivity index (χ1) is 8.18. The van der Waals surface area contributed by atoms with Crippen LogP contribution in [-0.2, 0) is 4.74 Å². The van der Waals surface area contributed by atoms with E-state index < -0.39 is 0 Å². The quantitative estimate of drug-likeness (QED) is 0.626. The van der Waals surface area contributed by atoms with Gasteiger partial charge in [0.15, 0.2) is 0 Å². The van der Waals surface area contributed by atoms with Crippen LogP contribution in [0.25, 0.3) is 0 Å². The molecule has 0 amide bonds. The first-order valence-corrected chi connectivity index (χ1v) is 7.19. The van der Waals surface area contributed by atoms with Gasteiger partial charge >= 0.3 is 0 Å². The predicted octanol–water partition coefficient (Wildman–Crippen LogP) is 1.98. The van der Waals surface area contributed by atoms with Crippen molar-refractivity contribution in [1.82, 2.24) is 10.2 Å². The van der Waals surface area contributed by atoms with Gasteiger partial charge in [0.05, 0.1) is 13.2 Å². The molecule has 3 heteroatoms. The summed E-state index contributed by atoms with van der Waals surface area (Å²) in [6.07, 6.45) is 2.74. The van der Waals surface area contributed by atoms with Gasteiger partial charge in [-0.3, -0.25) is 0 Å². The lowest BCUT2D eigenvalue weighted by atomic mass is 10.2. The summed E-state index contributed by atoms with van der Waals surface area (Å²) in [6, 6.07) is 0. The van der Waals surface area contributed by atoms with E-state index in [0.717, 1.165) is 38.8 Å². The highest BCUT2D eigenvalue weighted by atomic mass is 16.5. The van der Waals surface area contributed by atoms with Crippen molar-refractivity contribution >= 4 is 0 Å². The number of hydrogen-bond acceptors (Lipinski definition) is 3. The lowest BCUT2D eigenvalue weighted by Gasteiger charge is -2.17. The first-order valence-electron chi connectivity index (χ1n) is 7.19. The maximum atomic E-state index is 5.73. The van der Waals surface area contributed by atoms with Gasteiger partial charge < -0.3 is 15.0 Å². The molecular weight excluding hydrogens is 212 g/mol. The largest absolute Gasteiger partial charge is 0.380 e.